The second-order valence-corrected chi connectivity index (χ2v) is 6.70. The summed E-state index contributed by atoms with van der Waals surface area (Å²) in [7, 11) is 0. The molecule has 114 valence electrons. The molecule has 3 N–H and O–H groups in total. The minimum absolute atomic E-state index is 0.0318. The number of ether oxygens (including phenoxy) is 1. The first-order valence-corrected chi connectivity index (χ1v) is 6.91. The summed E-state index contributed by atoms with van der Waals surface area (Å²) in [6.45, 7) is 13.0. The number of aliphatic hydroxyl groups excluding tert-OH is 1. The van der Waals surface area contributed by atoms with Crippen molar-refractivity contribution in [3.05, 3.63) is 0 Å². The van der Waals surface area contributed by atoms with Crippen LogP contribution in [-0.2, 0) is 4.74 Å². The van der Waals surface area contributed by atoms with Crippen LogP contribution < -0.4 is 10.6 Å². The topological polar surface area (TPSA) is 70.6 Å². The molecule has 0 rings (SSSR count). The molecule has 1 amide bonds. The third kappa shape index (κ3) is 9.73. The summed E-state index contributed by atoms with van der Waals surface area (Å²) in [5.74, 6) is 0. The highest BCUT2D eigenvalue weighted by atomic mass is 16.6. The van der Waals surface area contributed by atoms with E-state index in [0.717, 1.165) is 6.42 Å². The van der Waals surface area contributed by atoms with Crippen LogP contribution in [0.2, 0.25) is 0 Å². The van der Waals surface area contributed by atoms with Crippen molar-refractivity contribution in [3.8, 4) is 0 Å². The van der Waals surface area contributed by atoms with Gasteiger partial charge in [0, 0.05) is 31.2 Å². The summed E-state index contributed by atoms with van der Waals surface area (Å²) in [6.07, 6.45) is 0.439. The Morgan fingerprint density at radius 1 is 1.26 bits per heavy atom. The molecule has 1 unspecified atom stereocenters. The van der Waals surface area contributed by atoms with Crippen molar-refractivity contribution in [2.45, 2.75) is 59.6 Å². The minimum Gasteiger partial charge on any atom is -0.444 e. The quantitative estimate of drug-likeness (QED) is 0.663. The average molecular weight is 274 g/mol. The second kappa shape index (κ2) is 7.70. The van der Waals surface area contributed by atoms with Crippen molar-refractivity contribution < 1.29 is 14.6 Å². The van der Waals surface area contributed by atoms with E-state index < -0.39 is 5.60 Å². The maximum absolute atomic E-state index is 11.6. The van der Waals surface area contributed by atoms with E-state index in [2.05, 4.69) is 10.6 Å². The molecule has 0 bridgehead atoms. The number of amides is 1. The molecule has 0 aliphatic carbocycles. The van der Waals surface area contributed by atoms with Crippen LogP contribution in [0.1, 0.15) is 48.0 Å². The van der Waals surface area contributed by atoms with Crippen LogP contribution in [0.3, 0.4) is 0 Å². The lowest BCUT2D eigenvalue weighted by atomic mass is 9.95. The zero-order valence-electron chi connectivity index (χ0n) is 13.2. The van der Waals surface area contributed by atoms with Gasteiger partial charge in [-0.1, -0.05) is 20.8 Å². The number of aliphatic hydroxyl groups is 1. The monoisotopic (exact) mass is 274 g/mol. The first kappa shape index (κ1) is 18.2. The molecular formula is C14H30N2O3. The Bertz CT molecular complexity index is 272. The summed E-state index contributed by atoms with van der Waals surface area (Å²) >= 11 is 0. The molecule has 19 heavy (non-hydrogen) atoms. The highest BCUT2D eigenvalue weighted by molar-refractivity contribution is 5.68. The van der Waals surface area contributed by atoms with Crippen LogP contribution >= 0.6 is 0 Å². The summed E-state index contributed by atoms with van der Waals surface area (Å²) in [6, 6.07) is 0.0318. The zero-order valence-corrected chi connectivity index (χ0v) is 13.2. The first-order valence-electron chi connectivity index (χ1n) is 6.91. The van der Waals surface area contributed by atoms with E-state index in [0.29, 0.717) is 13.1 Å². The number of carbonyl (C=O) groups is 1. The van der Waals surface area contributed by atoms with Gasteiger partial charge in [-0.3, -0.25) is 0 Å². The smallest absolute Gasteiger partial charge is 0.407 e. The molecule has 0 heterocycles. The molecule has 0 aliphatic heterocycles. The van der Waals surface area contributed by atoms with Gasteiger partial charge in [0.1, 0.15) is 5.60 Å². The van der Waals surface area contributed by atoms with Gasteiger partial charge in [0.2, 0.25) is 0 Å². The Kier molecular flexibility index (Phi) is 7.37. The fourth-order valence-electron chi connectivity index (χ4n) is 1.41. The molecular weight excluding hydrogens is 244 g/mol. The fourth-order valence-corrected chi connectivity index (χ4v) is 1.41. The predicted octanol–water partition coefficient (Wildman–Crippen LogP) is 1.90. The summed E-state index contributed by atoms with van der Waals surface area (Å²) < 4.78 is 5.22. The van der Waals surface area contributed by atoms with E-state index in [9.17, 15) is 4.79 Å². The number of nitrogens with one attached hydrogen (secondary N) is 2. The van der Waals surface area contributed by atoms with E-state index in [1.807, 2.05) is 41.5 Å². The number of rotatable bonds is 7. The lowest BCUT2D eigenvalue weighted by Gasteiger charge is -2.26. The van der Waals surface area contributed by atoms with Gasteiger partial charge in [-0.25, -0.2) is 4.79 Å². The van der Waals surface area contributed by atoms with E-state index in [1.165, 1.54) is 0 Å². The van der Waals surface area contributed by atoms with Gasteiger partial charge in [-0.2, -0.15) is 0 Å². The average Bonchev–Trinajstić information content (AvgIpc) is 2.25. The van der Waals surface area contributed by atoms with Crippen LogP contribution in [0, 0.1) is 5.41 Å². The molecule has 0 radical (unpaired) electrons. The van der Waals surface area contributed by atoms with Crippen molar-refractivity contribution >= 4 is 6.09 Å². The maximum atomic E-state index is 11.6. The Hall–Kier alpha value is -0.810. The Morgan fingerprint density at radius 3 is 2.26 bits per heavy atom. The predicted molar refractivity (Wildman–Crippen MR) is 77.2 cm³/mol. The van der Waals surface area contributed by atoms with Crippen molar-refractivity contribution in [2.24, 2.45) is 5.41 Å². The molecule has 0 saturated carbocycles. The summed E-state index contributed by atoms with van der Waals surface area (Å²) in [5, 5.41) is 15.3. The molecule has 0 aromatic heterocycles. The van der Waals surface area contributed by atoms with Crippen LogP contribution in [-0.4, -0.2) is 42.5 Å². The number of hydrogen-bond donors (Lipinski definition) is 3. The third-order valence-corrected chi connectivity index (χ3v) is 2.64. The molecule has 0 aliphatic rings. The van der Waals surface area contributed by atoms with E-state index in [1.54, 1.807) is 0 Å². The first-order chi connectivity index (χ1) is 8.59. The van der Waals surface area contributed by atoms with Crippen molar-refractivity contribution in [3.63, 3.8) is 0 Å². The van der Waals surface area contributed by atoms with Crippen molar-refractivity contribution in [1.29, 1.82) is 0 Å². The van der Waals surface area contributed by atoms with Gasteiger partial charge in [0.15, 0.2) is 0 Å². The molecule has 0 fully saturated rings. The maximum Gasteiger partial charge on any atom is 0.407 e. The summed E-state index contributed by atoms with van der Waals surface area (Å²) in [4.78, 5) is 11.6. The molecule has 5 nitrogen and oxygen atoms in total. The molecule has 0 spiro atoms. The van der Waals surface area contributed by atoms with Crippen LogP contribution in [0.5, 0.6) is 0 Å². The zero-order chi connectivity index (χ0) is 15.1. The van der Waals surface area contributed by atoms with Crippen molar-refractivity contribution in [2.75, 3.05) is 19.7 Å². The molecule has 5 heteroatoms. The van der Waals surface area contributed by atoms with Gasteiger partial charge >= 0.3 is 6.09 Å². The van der Waals surface area contributed by atoms with Gasteiger partial charge in [0.25, 0.3) is 0 Å². The van der Waals surface area contributed by atoms with Gasteiger partial charge in [-0.15, -0.1) is 0 Å². The Labute approximate surface area is 117 Å². The lowest BCUT2D eigenvalue weighted by molar-refractivity contribution is 0.0501. The van der Waals surface area contributed by atoms with Gasteiger partial charge < -0.3 is 20.5 Å². The number of carbonyl (C=O) groups excluding carboxylic acids is 1. The largest absolute Gasteiger partial charge is 0.444 e. The minimum atomic E-state index is -0.477. The highest BCUT2D eigenvalue weighted by Crippen LogP contribution is 2.11. The van der Waals surface area contributed by atoms with Gasteiger partial charge in [-0.05, 0) is 27.2 Å². The van der Waals surface area contributed by atoms with Crippen LogP contribution in [0.4, 0.5) is 4.79 Å². The van der Waals surface area contributed by atoms with Crippen LogP contribution in [0.25, 0.3) is 0 Å². The van der Waals surface area contributed by atoms with Gasteiger partial charge in [0.05, 0.1) is 0 Å². The third-order valence-electron chi connectivity index (χ3n) is 2.64. The van der Waals surface area contributed by atoms with Crippen molar-refractivity contribution in [1.82, 2.24) is 10.6 Å². The standard InChI is InChI=1S/C14H30N2O3/c1-7-11(8-15-9-14(5,6)10-17)16-12(18)19-13(2,3)4/h11,15,17H,7-10H2,1-6H3,(H,16,18). The van der Waals surface area contributed by atoms with E-state index >= 15 is 0 Å². The molecule has 1 atom stereocenters. The molecule has 0 aromatic rings. The lowest BCUT2D eigenvalue weighted by Crippen LogP contribution is -2.45. The summed E-state index contributed by atoms with van der Waals surface area (Å²) in [5.41, 5.74) is -0.626. The van der Waals surface area contributed by atoms with E-state index in [-0.39, 0.29) is 24.2 Å². The fraction of sp³-hybridized carbons (Fsp3) is 0.929. The Morgan fingerprint density at radius 2 is 1.84 bits per heavy atom. The SMILES string of the molecule is CCC(CNCC(C)(C)CO)NC(=O)OC(C)(C)C. The highest BCUT2D eigenvalue weighted by Gasteiger charge is 2.20. The Balaban J connectivity index is 4.05. The molecule has 0 saturated heterocycles. The van der Waals surface area contributed by atoms with Crippen LogP contribution in [0.15, 0.2) is 0 Å². The van der Waals surface area contributed by atoms with E-state index in [4.69, 9.17) is 9.84 Å². The normalized spacial score (nSPS) is 14.1. The molecule has 0 aromatic carbocycles. The second-order valence-electron chi connectivity index (χ2n) is 6.70. The number of alkyl carbamates (subject to hydrolysis) is 1. The number of hydrogen-bond acceptors (Lipinski definition) is 4.